The lowest BCUT2D eigenvalue weighted by atomic mass is 10.1. The molecule has 1 fully saturated rings. The Labute approximate surface area is 144 Å². The van der Waals surface area contributed by atoms with Gasteiger partial charge in [0, 0.05) is 7.05 Å². The monoisotopic (exact) mass is 392 g/mol. The lowest BCUT2D eigenvalue weighted by Crippen LogP contribution is -2.53. The van der Waals surface area contributed by atoms with Gasteiger partial charge in [0.15, 0.2) is 17.8 Å². The van der Waals surface area contributed by atoms with Crippen LogP contribution in [0.3, 0.4) is 0 Å². The number of urea groups is 2. The van der Waals surface area contributed by atoms with E-state index >= 15 is 0 Å². The largest absolute Gasteiger partial charge is 0.470 e. The van der Waals surface area contributed by atoms with Gasteiger partial charge in [-0.25, -0.2) is 19.1 Å². The Morgan fingerprint density at radius 3 is 2.46 bits per heavy atom. The number of ether oxygens (including phenoxy) is 1. The average Bonchev–Trinajstić information content (AvgIpc) is 3.01. The molecule has 0 aliphatic carbocycles. The summed E-state index contributed by atoms with van der Waals surface area (Å²) in [4.78, 5) is 62.0. The Kier molecular flexibility index (Phi) is 4.52. The van der Waals surface area contributed by atoms with Gasteiger partial charge in [0.2, 0.25) is 0 Å². The van der Waals surface area contributed by atoms with Crippen LogP contribution in [-0.2, 0) is 18.6 Å². The highest BCUT2D eigenvalue weighted by Gasteiger charge is 2.55. The summed E-state index contributed by atoms with van der Waals surface area (Å²) in [5.41, 5.74) is -0.451. The summed E-state index contributed by atoms with van der Waals surface area (Å²) >= 11 is 0. The number of rotatable bonds is 4. The van der Waals surface area contributed by atoms with Crippen LogP contribution in [0.5, 0.6) is 0 Å². The SMILES string of the molecule is CN1C(=O)N=C2C(=NC(=O)N2[C@@H]2O[C@H](CO)[C@@H](OP(=O)(O)O)[C@H]2O)C1=O. The lowest BCUT2D eigenvalue weighted by Gasteiger charge is -2.28. The number of hydrogen-bond donors (Lipinski definition) is 4. The van der Waals surface area contributed by atoms with Crippen LogP contribution in [0.15, 0.2) is 9.98 Å². The first kappa shape index (κ1) is 18.7. The molecular formula is C11H13N4O10P. The first-order valence-electron chi connectivity index (χ1n) is 7.06. The van der Waals surface area contributed by atoms with Crippen molar-refractivity contribution in [3.05, 3.63) is 0 Å². The van der Waals surface area contributed by atoms with Gasteiger partial charge < -0.3 is 24.7 Å². The molecule has 0 bridgehead atoms. The molecule has 14 nitrogen and oxygen atoms in total. The van der Waals surface area contributed by atoms with Crippen molar-refractivity contribution >= 4 is 37.3 Å². The van der Waals surface area contributed by atoms with Crippen molar-refractivity contribution in [2.24, 2.45) is 9.98 Å². The minimum Gasteiger partial charge on any atom is -0.394 e. The second kappa shape index (κ2) is 6.28. The number of nitrogens with zero attached hydrogens (tertiary/aromatic N) is 4. The van der Waals surface area contributed by atoms with Gasteiger partial charge in [0.1, 0.15) is 18.3 Å². The van der Waals surface area contributed by atoms with Crippen LogP contribution < -0.4 is 0 Å². The van der Waals surface area contributed by atoms with Crippen LogP contribution in [0.4, 0.5) is 9.59 Å². The van der Waals surface area contributed by atoms with Crippen molar-refractivity contribution in [2.75, 3.05) is 13.7 Å². The van der Waals surface area contributed by atoms with Crippen LogP contribution in [0, 0.1) is 0 Å². The first-order chi connectivity index (χ1) is 12.0. The summed E-state index contributed by atoms with van der Waals surface area (Å²) in [6.45, 7) is -0.805. The van der Waals surface area contributed by atoms with E-state index in [1.807, 2.05) is 0 Å². The normalized spacial score (nSPS) is 32.1. The number of phosphoric ester groups is 1. The Hall–Kier alpha value is -2.06. The number of phosphoric acid groups is 1. The van der Waals surface area contributed by atoms with Crippen LogP contribution in [0.2, 0.25) is 0 Å². The molecule has 3 rings (SSSR count). The van der Waals surface area contributed by atoms with Gasteiger partial charge in [0.25, 0.3) is 5.91 Å². The minimum atomic E-state index is -5.06. The Morgan fingerprint density at radius 2 is 1.88 bits per heavy atom. The maximum atomic E-state index is 12.1. The third-order valence-electron chi connectivity index (χ3n) is 3.85. The number of aliphatic imine (C=N–C) groups is 2. The summed E-state index contributed by atoms with van der Waals surface area (Å²) in [6.07, 6.45) is -6.59. The maximum Gasteiger partial charge on any atom is 0.470 e. The molecule has 142 valence electrons. The van der Waals surface area contributed by atoms with E-state index in [1.54, 1.807) is 0 Å². The van der Waals surface area contributed by atoms with Crippen LogP contribution in [0.1, 0.15) is 0 Å². The van der Waals surface area contributed by atoms with E-state index in [-0.39, 0.29) is 0 Å². The molecule has 0 aromatic heterocycles. The topological polar surface area (TPSA) is 199 Å². The summed E-state index contributed by atoms with van der Waals surface area (Å²) in [5.74, 6) is -1.37. The third kappa shape index (κ3) is 2.97. The van der Waals surface area contributed by atoms with Gasteiger partial charge in [0.05, 0.1) is 6.61 Å². The van der Waals surface area contributed by atoms with Crippen LogP contribution >= 0.6 is 7.82 Å². The van der Waals surface area contributed by atoms with Crippen molar-refractivity contribution in [1.82, 2.24) is 9.80 Å². The number of carbonyl (C=O) groups is 3. The highest BCUT2D eigenvalue weighted by Crippen LogP contribution is 2.42. The Bertz CT molecular complexity index is 790. The summed E-state index contributed by atoms with van der Waals surface area (Å²) in [7, 11) is -3.93. The second-order valence-corrected chi connectivity index (χ2v) is 6.69. The van der Waals surface area contributed by atoms with Crippen molar-refractivity contribution in [2.45, 2.75) is 24.5 Å². The molecule has 0 spiro atoms. The van der Waals surface area contributed by atoms with E-state index in [0.29, 0.717) is 9.80 Å². The zero-order valence-electron chi connectivity index (χ0n) is 13.0. The zero-order valence-corrected chi connectivity index (χ0v) is 13.9. The summed E-state index contributed by atoms with van der Waals surface area (Å²) in [6, 6.07) is -2.08. The fourth-order valence-corrected chi connectivity index (χ4v) is 3.24. The summed E-state index contributed by atoms with van der Waals surface area (Å²) in [5, 5.41) is 19.6. The molecule has 1 saturated heterocycles. The smallest absolute Gasteiger partial charge is 0.394 e. The van der Waals surface area contributed by atoms with Crippen molar-refractivity contribution in [1.29, 1.82) is 0 Å². The van der Waals surface area contributed by atoms with Crippen LogP contribution in [0.25, 0.3) is 0 Å². The molecule has 0 radical (unpaired) electrons. The molecular weight excluding hydrogens is 379 g/mol. The van der Waals surface area contributed by atoms with Gasteiger partial charge in [-0.15, -0.1) is 0 Å². The van der Waals surface area contributed by atoms with Gasteiger partial charge in [-0.1, -0.05) is 0 Å². The fraction of sp³-hybridized carbons (Fsp3) is 0.545. The maximum absolute atomic E-state index is 12.1. The second-order valence-electron chi connectivity index (χ2n) is 5.49. The van der Waals surface area contributed by atoms with Crippen LogP contribution in [-0.4, -0.2) is 97.5 Å². The van der Waals surface area contributed by atoms with Crippen molar-refractivity contribution in [3.63, 3.8) is 0 Å². The van der Waals surface area contributed by atoms with Gasteiger partial charge >= 0.3 is 19.9 Å². The van der Waals surface area contributed by atoms with E-state index in [9.17, 15) is 29.2 Å². The number of amides is 5. The molecule has 3 aliphatic heterocycles. The van der Waals surface area contributed by atoms with Crippen molar-refractivity contribution in [3.8, 4) is 0 Å². The predicted molar refractivity (Wildman–Crippen MR) is 78.9 cm³/mol. The first-order valence-corrected chi connectivity index (χ1v) is 8.59. The molecule has 0 saturated carbocycles. The minimum absolute atomic E-state index is 0.451. The highest BCUT2D eigenvalue weighted by atomic mass is 31.2. The molecule has 15 heteroatoms. The van der Waals surface area contributed by atoms with E-state index in [4.69, 9.17) is 14.5 Å². The highest BCUT2D eigenvalue weighted by molar-refractivity contribution is 7.46. The quantitative estimate of drug-likeness (QED) is 0.368. The van der Waals surface area contributed by atoms with E-state index in [1.165, 1.54) is 0 Å². The molecule has 0 aromatic carbocycles. The Balaban J connectivity index is 1.93. The lowest BCUT2D eigenvalue weighted by molar-refractivity contribution is -0.120. The predicted octanol–water partition coefficient (Wildman–Crippen LogP) is -2.59. The number of aliphatic hydroxyl groups excluding tert-OH is 2. The molecule has 4 N–H and O–H groups in total. The van der Waals surface area contributed by atoms with Gasteiger partial charge in [-0.2, -0.15) is 9.98 Å². The Morgan fingerprint density at radius 1 is 1.23 bits per heavy atom. The van der Waals surface area contributed by atoms with E-state index in [0.717, 1.165) is 7.05 Å². The number of aliphatic hydroxyl groups is 2. The number of carbonyl (C=O) groups excluding carboxylic acids is 3. The third-order valence-corrected chi connectivity index (χ3v) is 4.37. The molecule has 0 aromatic rings. The number of imide groups is 1. The average molecular weight is 392 g/mol. The van der Waals surface area contributed by atoms with E-state index in [2.05, 4.69) is 14.5 Å². The fourth-order valence-electron chi connectivity index (χ4n) is 2.66. The molecule has 5 amide bonds. The molecule has 4 atom stereocenters. The van der Waals surface area contributed by atoms with Gasteiger partial charge in [-0.05, 0) is 0 Å². The van der Waals surface area contributed by atoms with E-state index < -0.39 is 68.5 Å². The zero-order chi connectivity index (χ0) is 19.4. The molecule has 26 heavy (non-hydrogen) atoms. The van der Waals surface area contributed by atoms with Crippen molar-refractivity contribution < 1.29 is 48.2 Å². The molecule has 3 aliphatic rings. The van der Waals surface area contributed by atoms with Gasteiger partial charge in [-0.3, -0.25) is 14.2 Å². The number of fused-ring (bicyclic) bond motifs is 1. The number of hydrogen-bond acceptors (Lipinski definition) is 8. The number of amidine groups is 1. The molecule has 3 heterocycles. The molecule has 0 unspecified atom stereocenters. The summed E-state index contributed by atoms with van der Waals surface area (Å²) < 4.78 is 20.7. The standard InChI is InChI=1S/C11H13N4O10P/c1-14-8(18)4-7(13-10(14)19)15(11(20)12-4)9-5(17)6(3(2-16)24-9)25-26(21,22)23/h3,5-6,9,16-17H,2H2,1H3,(H2,21,22,23)/t3-,5-,6-,9-/m1/s1.